The second-order valence-electron chi connectivity index (χ2n) is 6.82. The van der Waals surface area contributed by atoms with Crippen LogP contribution >= 0.6 is 0 Å². The summed E-state index contributed by atoms with van der Waals surface area (Å²) in [5, 5.41) is 11.6. The molecule has 6 nitrogen and oxygen atoms in total. The Balaban J connectivity index is 3.94. The Kier molecular flexibility index (Phi) is 10.6. The number of carbonyl (C=O) groups excluding carboxylic acids is 1. The Hall–Kier alpha value is -1.30. The highest BCUT2D eigenvalue weighted by atomic mass is 16.5. The fourth-order valence-electron chi connectivity index (χ4n) is 2.29. The zero-order valence-corrected chi connectivity index (χ0v) is 14.6. The lowest BCUT2D eigenvalue weighted by Crippen LogP contribution is -2.49. The number of aliphatic carboxylic acids is 1. The highest BCUT2D eigenvalue weighted by Crippen LogP contribution is 2.05. The van der Waals surface area contributed by atoms with E-state index < -0.39 is 18.1 Å². The standard InChI is InChI=1S/C16H32N2O4/c1-5-6-7-8-9-10-11-22-16(21)17-14(12-15(19)20)13-18(2,3)4/h14H,5-13H2,1-4H3,(H-,17,19,20,21)/p+1/t14-/m1/s1. The molecule has 0 radical (unpaired) electrons. The SMILES string of the molecule is CCCCCCCCOC(=O)N[C@H](CC(=O)O)C[N+](C)(C)C. The molecule has 22 heavy (non-hydrogen) atoms. The van der Waals surface area contributed by atoms with Crippen molar-refractivity contribution in [2.24, 2.45) is 0 Å². The summed E-state index contributed by atoms with van der Waals surface area (Å²) in [6.45, 7) is 3.11. The lowest BCUT2D eigenvalue weighted by molar-refractivity contribution is -0.871. The van der Waals surface area contributed by atoms with E-state index in [-0.39, 0.29) is 6.42 Å². The molecule has 0 aliphatic carbocycles. The van der Waals surface area contributed by atoms with Crippen molar-refractivity contribution >= 4 is 12.1 Å². The molecule has 0 heterocycles. The van der Waals surface area contributed by atoms with Crippen LogP contribution in [0.25, 0.3) is 0 Å². The summed E-state index contributed by atoms with van der Waals surface area (Å²) in [6, 6.07) is -0.422. The van der Waals surface area contributed by atoms with Crippen molar-refractivity contribution in [2.45, 2.75) is 57.9 Å². The van der Waals surface area contributed by atoms with Gasteiger partial charge in [-0.05, 0) is 6.42 Å². The Bertz CT molecular complexity index is 327. The van der Waals surface area contributed by atoms with Crippen molar-refractivity contribution < 1.29 is 23.9 Å². The molecule has 0 aromatic heterocycles. The van der Waals surface area contributed by atoms with Gasteiger partial charge in [-0.15, -0.1) is 0 Å². The van der Waals surface area contributed by atoms with Crippen LogP contribution in [0.5, 0.6) is 0 Å². The number of quaternary nitrogens is 1. The highest BCUT2D eigenvalue weighted by molar-refractivity contribution is 5.71. The number of rotatable bonds is 12. The lowest BCUT2D eigenvalue weighted by atomic mass is 10.1. The van der Waals surface area contributed by atoms with Crippen LogP contribution in [-0.4, -0.2) is 62.0 Å². The molecule has 0 unspecified atom stereocenters. The van der Waals surface area contributed by atoms with Gasteiger partial charge in [-0.2, -0.15) is 0 Å². The van der Waals surface area contributed by atoms with E-state index in [0.717, 1.165) is 12.8 Å². The van der Waals surface area contributed by atoms with E-state index in [4.69, 9.17) is 9.84 Å². The number of nitrogens with zero attached hydrogens (tertiary/aromatic N) is 1. The van der Waals surface area contributed by atoms with Gasteiger partial charge in [0.2, 0.25) is 0 Å². The molecule has 1 amide bonds. The molecule has 0 aliphatic heterocycles. The molecule has 0 saturated carbocycles. The number of carbonyl (C=O) groups is 2. The highest BCUT2D eigenvalue weighted by Gasteiger charge is 2.23. The average Bonchev–Trinajstić information content (AvgIpc) is 2.34. The number of nitrogens with one attached hydrogen (secondary N) is 1. The van der Waals surface area contributed by atoms with Gasteiger partial charge >= 0.3 is 12.1 Å². The van der Waals surface area contributed by atoms with Crippen LogP contribution in [0.15, 0.2) is 0 Å². The summed E-state index contributed by atoms with van der Waals surface area (Å²) in [7, 11) is 5.87. The van der Waals surface area contributed by atoms with Crippen LogP contribution in [0.3, 0.4) is 0 Å². The average molecular weight is 317 g/mol. The third-order valence-corrected chi connectivity index (χ3v) is 3.24. The molecule has 1 atom stereocenters. The molecule has 130 valence electrons. The number of hydrogen-bond acceptors (Lipinski definition) is 3. The smallest absolute Gasteiger partial charge is 0.407 e. The van der Waals surface area contributed by atoms with Crippen molar-refractivity contribution in [3.05, 3.63) is 0 Å². The van der Waals surface area contributed by atoms with Gasteiger partial charge in [0.1, 0.15) is 0 Å². The maximum absolute atomic E-state index is 11.7. The Labute approximate surface area is 134 Å². The van der Waals surface area contributed by atoms with E-state index in [1.165, 1.54) is 25.7 Å². The molecule has 0 aromatic rings. The summed E-state index contributed by atoms with van der Waals surface area (Å²) < 4.78 is 5.70. The minimum atomic E-state index is -0.922. The summed E-state index contributed by atoms with van der Waals surface area (Å²) in [4.78, 5) is 22.6. The minimum absolute atomic E-state index is 0.0956. The minimum Gasteiger partial charge on any atom is -0.481 e. The van der Waals surface area contributed by atoms with Crippen LogP contribution in [-0.2, 0) is 9.53 Å². The summed E-state index contributed by atoms with van der Waals surface area (Å²) in [5.74, 6) is -0.922. The molecule has 0 aliphatic rings. The van der Waals surface area contributed by atoms with Gasteiger partial charge in [0.05, 0.1) is 46.8 Å². The second-order valence-corrected chi connectivity index (χ2v) is 6.82. The van der Waals surface area contributed by atoms with Gasteiger partial charge < -0.3 is 19.6 Å². The van der Waals surface area contributed by atoms with Crippen LogP contribution in [0.1, 0.15) is 51.9 Å². The van der Waals surface area contributed by atoms with Crippen molar-refractivity contribution in [2.75, 3.05) is 34.3 Å². The van der Waals surface area contributed by atoms with Crippen LogP contribution in [0.2, 0.25) is 0 Å². The van der Waals surface area contributed by atoms with Crippen molar-refractivity contribution in [3.8, 4) is 0 Å². The largest absolute Gasteiger partial charge is 0.481 e. The predicted molar refractivity (Wildman–Crippen MR) is 86.8 cm³/mol. The van der Waals surface area contributed by atoms with E-state index in [2.05, 4.69) is 12.2 Å². The maximum atomic E-state index is 11.7. The first kappa shape index (κ1) is 20.7. The number of alkyl carbamates (subject to hydrolysis) is 1. The van der Waals surface area contributed by atoms with Gasteiger partial charge in [0.25, 0.3) is 0 Å². The monoisotopic (exact) mass is 317 g/mol. The zero-order chi connectivity index (χ0) is 17.0. The lowest BCUT2D eigenvalue weighted by Gasteiger charge is -2.28. The van der Waals surface area contributed by atoms with E-state index >= 15 is 0 Å². The molecule has 0 bridgehead atoms. The Morgan fingerprint density at radius 2 is 1.68 bits per heavy atom. The number of hydrogen-bond donors (Lipinski definition) is 2. The number of likely N-dealkylation sites (N-methyl/N-ethyl adjacent to an activating group) is 1. The number of ether oxygens (including phenoxy) is 1. The fraction of sp³-hybridized carbons (Fsp3) is 0.875. The molecule has 0 aromatic carbocycles. The van der Waals surface area contributed by atoms with Crippen molar-refractivity contribution in [1.82, 2.24) is 5.32 Å². The number of amides is 1. The Morgan fingerprint density at radius 3 is 2.23 bits per heavy atom. The van der Waals surface area contributed by atoms with E-state index in [0.29, 0.717) is 17.6 Å². The first-order valence-electron chi connectivity index (χ1n) is 8.20. The van der Waals surface area contributed by atoms with Gasteiger partial charge in [0, 0.05) is 0 Å². The van der Waals surface area contributed by atoms with Crippen molar-refractivity contribution in [3.63, 3.8) is 0 Å². The maximum Gasteiger partial charge on any atom is 0.407 e. The molecule has 0 spiro atoms. The molecule has 0 fully saturated rings. The van der Waals surface area contributed by atoms with Crippen LogP contribution in [0, 0.1) is 0 Å². The number of unbranched alkanes of at least 4 members (excludes halogenated alkanes) is 5. The Morgan fingerprint density at radius 1 is 1.09 bits per heavy atom. The van der Waals surface area contributed by atoms with Gasteiger partial charge in [-0.1, -0.05) is 39.0 Å². The normalized spacial score (nSPS) is 12.7. The van der Waals surface area contributed by atoms with E-state index in [1.807, 2.05) is 21.1 Å². The molecule has 0 rings (SSSR count). The molecule has 6 heteroatoms. The van der Waals surface area contributed by atoms with Crippen LogP contribution in [0.4, 0.5) is 4.79 Å². The molecular formula is C16H33N2O4+. The molecule has 0 saturated heterocycles. The third-order valence-electron chi connectivity index (χ3n) is 3.24. The quantitative estimate of drug-likeness (QED) is 0.428. The summed E-state index contributed by atoms with van der Waals surface area (Å²) in [5.41, 5.74) is 0. The van der Waals surface area contributed by atoms with Gasteiger partial charge in [-0.3, -0.25) is 4.79 Å². The zero-order valence-electron chi connectivity index (χ0n) is 14.6. The first-order valence-corrected chi connectivity index (χ1v) is 8.20. The molecule has 2 N–H and O–H groups in total. The second kappa shape index (κ2) is 11.3. The summed E-state index contributed by atoms with van der Waals surface area (Å²) in [6.07, 6.45) is 6.17. The predicted octanol–water partition coefficient (Wildman–Crippen LogP) is 2.62. The van der Waals surface area contributed by atoms with E-state index in [9.17, 15) is 9.59 Å². The van der Waals surface area contributed by atoms with Crippen LogP contribution < -0.4 is 5.32 Å². The number of carboxylic acids is 1. The van der Waals surface area contributed by atoms with Crippen molar-refractivity contribution in [1.29, 1.82) is 0 Å². The molecular weight excluding hydrogens is 284 g/mol. The van der Waals surface area contributed by atoms with Gasteiger partial charge in [-0.25, -0.2) is 4.79 Å². The van der Waals surface area contributed by atoms with Gasteiger partial charge in [0.15, 0.2) is 0 Å². The number of carboxylic acid groups (broad SMARTS) is 1. The topological polar surface area (TPSA) is 75.6 Å². The third kappa shape index (κ3) is 13.7. The fourth-order valence-corrected chi connectivity index (χ4v) is 2.29. The summed E-state index contributed by atoms with van der Waals surface area (Å²) >= 11 is 0. The first-order chi connectivity index (χ1) is 10.2. The van der Waals surface area contributed by atoms with E-state index in [1.54, 1.807) is 0 Å².